The first-order valence-electron chi connectivity index (χ1n) is 9.25. The normalized spacial score (nSPS) is 11.8. The van der Waals surface area contributed by atoms with Crippen molar-refractivity contribution in [2.75, 3.05) is 31.6 Å². The average molecular weight is 382 g/mol. The van der Waals surface area contributed by atoms with E-state index in [2.05, 4.69) is 15.7 Å². The lowest BCUT2D eigenvalue weighted by Gasteiger charge is -2.13. The van der Waals surface area contributed by atoms with Crippen molar-refractivity contribution < 1.29 is 15.3 Å². The van der Waals surface area contributed by atoms with Crippen LogP contribution in [0.15, 0.2) is 35.1 Å². The maximum atomic E-state index is 12.5. The van der Waals surface area contributed by atoms with Crippen LogP contribution in [0.25, 0.3) is 27.2 Å². The van der Waals surface area contributed by atoms with Crippen molar-refractivity contribution in [3.05, 3.63) is 46.2 Å². The van der Waals surface area contributed by atoms with Crippen molar-refractivity contribution in [2.24, 2.45) is 0 Å². The third-order valence-corrected chi connectivity index (χ3v) is 4.86. The second-order valence-electron chi connectivity index (χ2n) is 6.65. The second-order valence-corrected chi connectivity index (χ2v) is 6.65. The monoisotopic (exact) mass is 382 g/mol. The number of aromatic nitrogens is 2. The van der Waals surface area contributed by atoms with Crippen LogP contribution in [-0.2, 0) is 6.54 Å². The van der Waals surface area contributed by atoms with Crippen molar-refractivity contribution in [3.63, 3.8) is 0 Å². The van der Waals surface area contributed by atoms with Gasteiger partial charge in [-0.25, -0.2) is 4.52 Å². The number of anilines is 1. The molecule has 0 bridgehead atoms. The van der Waals surface area contributed by atoms with Crippen LogP contribution >= 0.6 is 0 Å². The van der Waals surface area contributed by atoms with E-state index in [9.17, 15) is 9.90 Å². The van der Waals surface area contributed by atoms with Crippen LogP contribution in [0.4, 0.5) is 5.69 Å². The summed E-state index contributed by atoms with van der Waals surface area (Å²) in [5.74, 6) is -0.0695. The van der Waals surface area contributed by atoms with Gasteiger partial charge in [-0.1, -0.05) is 6.07 Å². The predicted molar refractivity (Wildman–Crippen MR) is 108 cm³/mol. The first kappa shape index (κ1) is 18.4. The minimum Gasteiger partial charge on any atom is -0.506 e. The fourth-order valence-electron chi connectivity index (χ4n) is 3.61. The first-order valence-corrected chi connectivity index (χ1v) is 9.25. The smallest absolute Gasteiger partial charge is 0.191 e. The highest BCUT2D eigenvalue weighted by Crippen LogP contribution is 2.40. The van der Waals surface area contributed by atoms with Crippen molar-refractivity contribution in [3.8, 4) is 5.75 Å². The van der Waals surface area contributed by atoms with Crippen LogP contribution in [0.1, 0.15) is 12.1 Å². The van der Waals surface area contributed by atoms with Gasteiger partial charge in [0.1, 0.15) is 5.75 Å². The molecular weight excluding hydrogens is 360 g/mol. The zero-order valence-corrected chi connectivity index (χ0v) is 15.3. The Kier molecular flexibility index (Phi) is 4.99. The summed E-state index contributed by atoms with van der Waals surface area (Å²) in [7, 11) is 0. The van der Waals surface area contributed by atoms with Gasteiger partial charge < -0.3 is 26.0 Å². The molecule has 4 aromatic rings. The Labute approximate surface area is 160 Å². The molecule has 0 saturated heterocycles. The zero-order chi connectivity index (χ0) is 19.7. The van der Waals surface area contributed by atoms with Crippen LogP contribution in [0.3, 0.4) is 0 Å². The van der Waals surface area contributed by atoms with E-state index in [1.54, 1.807) is 16.6 Å². The Morgan fingerprint density at radius 1 is 1.04 bits per heavy atom. The van der Waals surface area contributed by atoms with E-state index in [0.29, 0.717) is 42.6 Å². The third kappa shape index (κ3) is 2.91. The maximum Gasteiger partial charge on any atom is 0.191 e. The van der Waals surface area contributed by atoms with E-state index in [1.165, 1.54) is 6.07 Å². The predicted octanol–water partition coefficient (Wildman–Crippen LogP) is 1.02. The molecule has 0 unspecified atom stereocenters. The quantitative estimate of drug-likeness (QED) is 0.228. The molecule has 0 aliphatic rings. The minimum atomic E-state index is -0.269. The lowest BCUT2D eigenvalue weighted by atomic mass is 10.0. The van der Waals surface area contributed by atoms with Gasteiger partial charge in [-0.15, -0.1) is 0 Å². The number of rotatable bonds is 8. The maximum absolute atomic E-state index is 12.5. The molecule has 146 valence electrons. The van der Waals surface area contributed by atoms with Gasteiger partial charge in [0.05, 0.1) is 34.1 Å². The van der Waals surface area contributed by atoms with E-state index in [0.717, 1.165) is 16.6 Å². The fourth-order valence-corrected chi connectivity index (χ4v) is 3.61. The van der Waals surface area contributed by atoms with E-state index >= 15 is 0 Å². The molecular formula is C20H22N4O4. The lowest BCUT2D eigenvalue weighted by Crippen LogP contribution is -2.17. The minimum absolute atomic E-state index is 0.0275. The summed E-state index contributed by atoms with van der Waals surface area (Å²) in [4.78, 5) is 12.5. The molecule has 4 rings (SSSR count). The van der Waals surface area contributed by atoms with E-state index < -0.39 is 0 Å². The Morgan fingerprint density at radius 2 is 1.89 bits per heavy atom. The molecule has 0 atom stereocenters. The second kappa shape index (κ2) is 7.59. The van der Waals surface area contributed by atoms with Crippen LogP contribution in [0, 0.1) is 0 Å². The van der Waals surface area contributed by atoms with E-state index in [4.69, 9.17) is 10.2 Å². The van der Waals surface area contributed by atoms with Gasteiger partial charge in [-0.2, -0.15) is 5.10 Å². The molecule has 0 fully saturated rings. The Balaban J connectivity index is 2.02. The van der Waals surface area contributed by atoms with Crippen LogP contribution in [0.5, 0.6) is 5.75 Å². The average Bonchev–Trinajstić information content (AvgIpc) is 3.06. The molecule has 0 saturated carbocycles. The van der Waals surface area contributed by atoms with Gasteiger partial charge in [0.25, 0.3) is 0 Å². The number of aliphatic hydroxyl groups excluding tert-OH is 2. The summed E-state index contributed by atoms with van der Waals surface area (Å²) in [5, 5.41) is 41.7. The number of fused-ring (bicyclic) bond motifs is 2. The molecule has 5 N–H and O–H groups in total. The summed E-state index contributed by atoms with van der Waals surface area (Å²) < 4.78 is 1.70. The summed E-state index contributed by atoms with van der Waals surface area (Å²) in [6.07, 6.45) is 0.567. The SMILES string of the molecule is O=c1cccc2c1c(O)c1c(NCCCO)ccc3c(CNCCO)nn2c31. The van der Waals surface area contributed by atoms with Gasteiger partial charge >= 0.3 is 0 Å². The molecule has 0 aliphatic heterocycles. The summed E-state index contributed by atoms with van der Waals surface area (Å²) >= 11 is 0. The Bertz CT molecular complexity index is 1190. The standard InChI is InChI=1S/C20H22N4O4/c25-9-2-7-22-13-6-5-12-14(11-21-8-10-26)23-24-15-3-1-4-16(27)18(15)20(28)17(13)19(12)24/h1,3-6,21-22,25-26,28H,2,7-11H2. The molecule has 0 radical (unpaired) electrons. The van der Waals surface area contributed by atoms with Crippen molar-refractivity contribution in [1.29, 1.82) is 0 Å². The number of nitrogens with zero attached hydrogens (tertiary/aromatic N) is 2. The van der Waals surface area contributed by atoms with Crippen molar-refractivity contribution >= 4 is 32.9 Å². The number of nitrogens with one attached hydrogen (secondary N) is 2. The largest absolute Gasteiger partial charge is 0.506 e. The molecule has 0 aliphatic carbocycles. The zero-order valence-electron chi connectivity index (χ0n) is 15.3. The lowest BCUT2D eigenvalue weighted by molar-refractivity contribution is 0.291. The van der Waals surface area contributed by atoms with Gasteiger partial charge in [0, 0.05) is 37.3 Å². The number of aromatic hydroxyl groups is 1. The van der Waals surface area contributed by atoms with Gasteiger partial charge in [-0.3, -0.25) is 4.79 Å². The van der Waals surface area contributed by atoms with E-state index in [1.807, 2.05) is 12.1 Å². The third-order valence-electron chi connectivity index (χ3n) is 4.86. The highest BCUT2D eigenvalue weighted by molar-refractivity contribution is 6.13. The number of benzene rings is 2. The van der Waals surface area contributed by atoms with Crippen LogP contribution in [0.2, 0.25) is 0 Å². The van der Waals surface area contributed by atoms with Gasteiger partial charge in [0.15, 0.2) is 5.43 Å². The molecule has 8 heteroatoms. The van der Waals surface area contributed by atoms with Crippen LogP contribution in [-0.4, -0.2) is 51.2 Å². The number of aliphatic hydroxyl groups is 2. The van der Waals surface area contributed by atoms with Crippen molar-refractivity contribution in [1.82, 2.24) is 14.9 Å². The van der Waals surface area contributed by atoms with Gasteiger partial charge in [0.2, 0.25) is 0 Å². The molecule has 0 amide bonds. The Hall–Kier alpha value is -2.94. The number of hydrogen-bond acceptors (Lipinski definition) is 7. The molecule has 28 heavy (non-hydrogen) atoms. The first-order chi connectivity index (χ1) is 13.7. The topological polar surface area (TPSA) is 119 Å². The summed E-state index contributed by atoms with van der Waals surface area (Å²) in [6.45, 7) is 1.52. The van der Waals surface area contributed by atoms with E-state index in [-0.39, 0.29) is 29.8 Å². The molecule has 2 aromatic carbocycles. The summed E-state index contributed by atoms with van der Waals surface area (Å²) in [5.41, 5.74) is 2.45. The summed E-state index contributed by atoms with van der Waals surface area (Å²) in [6, 6.07) is 8.62. The molecule has 2 aromatic heterocycles. The highest BCUT2D eigenvalue weighted by atomic mass is 16.3. The molecule has 8 nitrogen and oxygen atoms in total. The highest BCUT2D eigenvalue weighted by Gasteiger charge is 2.21. The molecule has 2 heterocycles. The Morgan fingerprint density at radius 3 is 2.68 bits per heavy atom. The van der Waals surface area contributed by atoms with Gasteiger partial charge in [-0.05, 0) is 30.7 Å². The molecule has 0 spiro atoms. The fraction of sp³-hybridized carbons (Fsp3) is 0.300. The number of hydrogen-bond donors (Lipinski definition) is 5. The number of pyridine rings is 1. The van der Waals surface area contributed by atoms with Crippen LogP contribution < -0.4 is 16.1 Å². The van der Waals surface area contributed by atoms with Crippen molar-refractivity contribution in [2.45, 2.75) is 13.0 Å².